The molecular formula is C2H3KO2. The van der Waals surface area contributed by atoms with Gasteiger partial charge in [-0.25, -0.2) is 0 Å². The first kappa shape index (κ1) is 9.44. The maximum Gasteiger partial charge on any atom is 1.00 e. The van der Waals surface area contributed by atoms with Gasteiger partial charge in [-0.1, -0.05) is 0 Å². The van der Waals surface area contributed by atoms with Crippen LogP contribution in [0.15, 0.2) is 0 Å². The van der Waals surface area contributed by atoms with Gasteiger partial charge in [0, 0.05) is 5.97 Å². The van der Waals surface area contributed by atoms with Crippen LogP contribution in [0.3, 0.4) is 0 Å². The summed E-state index contributed by atoms with van der Waals surface area (Å²) >= 11 is 0. The van der Waals surface area contributed by atoms with Crippen molar-refractivity contribution in [1.82, 2.24) is 0 Å². The van der Waals surface area contributed by atoms with Crippen molar-refractivity contribution in [1.29, 1.82) is 0 Å². The van der Waals surface area contributed by atoms with E-state index in [9.17, 15) is 0 Å². The summed E-state index contributed by atoms with van der Waals surface area (Å²) in [5, 5.41) is 8.89. The number of carboxylic acid groups (broad SMARTS) is 1. The molecule has 0 radical (unpaired) electrons. The molecule has 0 rings (SSSR count). The van der Waals surface area contributed by atoms with Gasteiger partial charge in [-0.3, -0.25) is 0 Å². The van der Waals surface area contributed by atoms with Crippen LogP contribution in [0.4, 0.5) is 0 Å². The van der Waals surface area contributed by atoms with Gasteiger partial charge in [-0.15, -0.1) is 0 Å². The second-order valence-electron chi connectivity index (χ2n) is 0.492. The fourth-order valence-corrected chi connectivity index (χ4v) is 0. The van der Waals surface area contributed by atoms with Crippen LogP contribution in [0.1, 0.15) is 6.92 Å². The first-order valence-corrected chi connectivity index (χ1v) is 0.908. The molecule has 0 amide bonds. The molecule has 24 valence electrons. The third kappa shape index (κ3) is 40.3. The minimum atomic E-state index is -1.08. The summed E-state index contributed by atoms with van der Waals surface area (Å²) in [6.45, 7) is 0.972. The maximum absolute atomic E-state index is 8.89. The minimum absolute atomic E-state index is 0. The zero-order valence-electron chi connectivity index (χ0n) is 3.32. The zero-order valence-corrected chi connectivity index (χ0v) is 6.44. The third-order valence-electron chi connectivity index (χ3n) is 0. The average molecular weight is 100 g/mol. The van der Waals surface area contributed by atoms with Crippen molar-refractivity contribution in [2.45, 2.75) is 6.92 Å². The number of carbonyl (C=O) groups is 1. The van der Waals surface area contributed by atoms with Crippen LogP contribution < -0.4 is 56.5 Å². The molecule has 0 unspecified atom stereocenters. The quantitative estimate of drug-likeness (QED) is 0.228. The number of rotatable bonds is 0. The Balaban J connectivity index is 0. The van der Waals surface area contributed by atoms with Gasteiger partial charge < -0.3 is 9.90 Å². The molecule has 0 atom stereocenters. The van der Waals surface area contributed by atoms with Crippen molar-refractivity contribution >= 4 is 5.97 Å². The molecular weight excluding hydrogens is 97.1 g/mol. The largest absolute Gasteiger partial charge is 1.00 e. The Morgan fingerprint density at radius 1 is 1.80 bits per heavy atom. The number of aliphatic carboxylic acids is 1. The van der Waals surface area contributed by atoms with E-state index in [1.54, 1.807) is 0 Å². The molecule has 0 aliphatic rings. The van der Waals surface area contributed by atoms with E-state index in [0.29, 0.717) is 0 Å². The molecule has 0 N–H and O–H groups in total. The van der Waals surface area contributed by atoms with Gasteiger partial charge in [0.25, 0.3) is 0 Å². The van der Waals surface area contributed by atoms with Crippen molar-refractivity contribution < 1.29 is 61.3 Å². The molecule has 2 nitrogen and oxygen atoms in total. The van der Waals surface area contributed by atoms with Crippen molar-refractivity contribution in [3.05, 3.63) is 0 Å². The second-order valence-corrected chi connectivity index (χ2v) is 0.492. The topological polar surface area (TPSA) is 40.1 Å². The van der Waals surface area contributed by atoms with E-state index in [-0.39, 0.29) is 51.4 Å². The molecule has 0 aromatic rings. The molecule has 0 bridgehead atoms. The van der Waals surface area contributed by atoms with E-state index >= 15 is 0 Å². The number of carbonyl (C=O) groups excluding carboxylic acids is 1. The third-order valence-corrected chi connectivity index (χ3v) is 0. The SMILES string of the molecule is [13CH3][13C](=O)[O-].[K+]. The molecule has 0 saturated carbocycles. The van der Waals surface area contributed by atoms with E-state index in [4.69, 9.17) is 9.90 Å². The minimum Gasteiger partial charge on any atom is -0.550 e. The number of hydrogen-bond donors (Lipinski definition) is 0. The summed E-state index contributed by atoms with van der Waals surface area (Å²) in [6, 6.07) is 0. The first-order chi connectivity index (χ1) is 1.73. The van der Waals surface area contributed by atoms with Gasteiger partial charge in [0.15, 0.2) is 0 Å². The summed E-state index contributed by atoms with van der Waals surface area (Å²) < 4.78 is 0. The molecule has 0 aliphatic carbocycles. The predicted octanol–water partition coefficient (Wildman–Crippen LogP) is -4.24. The Hall–Kier alpha value is 1.11. The van der Waals surface area contributed by atoms with Crippen LogP contribution in [0, 0.1) is 0 Å². The van der Waals surface area contributed by atoms with Crippen molar-refractivity contribution in [3.8, 4) is 0 Å². The summed E-state index contributed by atoms with van der Waals surface area (Å²) in [5.74, 6) is -1.08. The van der Waals surface area contributed by atoms with Crippen LogP contribution in [0.2, 0.25) is 0 Å². The van der Waals surface area contributed by atoms with Crippen molar-refractivity contribution in [3.63, 3.8) is 0 Å². The van der Waals surface area contributed by atoms with E-state index in [2.05, 4.69) is 0 Å². The molecule has 0 spiro atoms. The van der Waals surface area contributed by atoms with Gasteiger partial charge in [0.1, 0.15) is 0 Å². The van der Waals surface area contributed by atoms with Crippen LogP contribution in [-0.2, 0) is 4.79 Å². The van der Waals surface area contributed by atoms with E-state index < -0.39 is 5.97 Å². The summed E-state index contributed by atoms with van der Waals surface area (Å²) in [7, 11) is 0. The molecule has 0 fully saturated rings. The molecule has 0 heterocycles. The maximum atomic E-state index is 8.89. The van der Waals surface area contributed by atoms with E-state index in [0.717, 1.165) is 6.92 Å². The molecule has 0 saturated heterocycles. The Kier molecular flexibility index (Phi) is 9.64. The van der Waals surface area contributed by atoms with Crippen LogP contribution in [-0.4, -0.2) is 5.97 Å². The Morgan fingerprint density at radius 3 is 1.80 bits per heavy atom. The fraction of sp³-hybridized carbons (Fsp3) is 0.500. The van der Waals surface area contributed by atoms with Gasteiger partial charge in [-0.05, 0) is 6.92 Å². The summed E-state index contributed by atoms with van der Waals surface area (Å²) in [6.07, 6.45) is 0. The van der Waals surface area contributed by atoms with Crippen LogP contribution >= 0.6 is 0 Å². The zero-order chi connectivity index (χ0) is 3.58. The predicted molar refractivity (Wildman–Crippen MR) is 10.7 cm³/mol. The monoisotopic (exact) mass is 100.0 g/mol. The van der Waals surface area contributed by atoms with E-state index in [1.807, 2.05) is 0 Å². The number of carboxylic acids is 1. The molecule has 0 aromatic carbocycles. The van der Waals surface area contributed by atoms with Gasteiger partial charge in [-0.2, -0.15) is 0 Å². The van der Waals surface area contributed by atoms with Crippen LogP contribution in [0.5, 0.6) is 0 Å². The van der Waals surface area contributed by atoms with Gasteiger partial charge in [0.05, 0.1) is 0 Å². The van der Waals surface area contributed by atoms with Crippen molar-refractivity contribution in [2.75, 3.05) is 0 Å². The normalized spacial score (nSPS) is 5.00. The van der Waals surface area contributed by atoms with Crippen molar-refractivity contribution in [2.24, 2.45) is 0 Å². The smallest absolute Gasteiger partial charge is 0.550 e. The molecule has 5 heavy (non-hydrogen) atoms. The standard InChI is InChI=1S/C2H4O2.K/c1-2(3)4;/h1H3,(H,3,4);/q;+1/p-1/i1+1,2+1;. The summed E-state index contributed by atoms with van der Waals surface area (Å²) in [4.78, 5) is 8.89. The van der Waals surface area contributed by atoms with Gasteiger partial charge >= 0.3 is 51.4 Å². The first-order valence-electron chi connectivity index (χ1n) is 0.908. The van der Waals surface area contributed by atoms with Crippen LogP contribution in [0.25, 0.3) is 0 Å². The number of hydrogen-bond acceptors (Lipinski definition) is 2. The fourth-order valence-electron chi connectivity index (χ4n) is 0. The van der Waals surface area contributed by atoms with Gasteiger partial charge in [0.2, 0.25) is 0 Å². The summed E-state index contributed by atoms with van der Waals surface area (Å²) in [5.41, 5.74) is 0. The molecule has 0 aromatic heterocycles. The Labute approximate surface area is 73.0 Å². The Morgan fingerprint density at radius 2 is 1.80 bits per heavy atom. The second kappa shape index (κ2) is 5.11. The molecule has 3 heteroatoms. The molecule has 0 aliphatic heterocycles. The Bertz CT molecular complexity index is 30.6. The van der Waals surface area contributed by atoms with E-state index in [1.165, 1.54) is 0 Å². The average Bonchev–Trinajstić information content (AvgIpc) is 0.811.